The van der Waals surface area contributed by atoms with Crippen molar-refractivity contribution in [3.63, 3.8) is 0 Å². The molecule has 0 atom stereocenters. The fourth-order valence-corrected chi connectivity index (χ4v) is 6.90. The van der Waals surface area contributed by atoms with Gasteiger partial charge in [-0.25, -0.2) is 13.2 Å². The Morgan fingerprint density at radius 2 is 1.84 bits per heavy atom. The lowest BCUT2D eigenvalue weighted by atomic mass is 9.96. The van der Waals surface area contributed by atoms with Gasteiger partial charge in [0.2, 0.25) is 10.0 Å². The number of fused-ring (bicyclic) bond motifs is 1. The summed E-state index contributed by atoms with van der Waals surface area (Å²) in [5.74, 6) is -1.11. The maximum atomic E-state index is 12.9. The van der Waals surface area contributed by atoms with Crippen LogP contribution in [-0.4, -0.2) is 44.3 Å². The van der Waals surface area contributed by atoms with Gasteiger partial charge in [-0.15, -0.1) is 11.3 Å². The summed E-state index contributed by atoms with van der Waals surface area (Å²) in [6.07, 6.45) is 6.66. The summed E-state index contributed by atoms with van der Waals surface area (Å²) < 4.78 is 32.5. The van der Waals surface area contributed by atoms with Crippen molar-refractivity contribution in [1.82, 2.24) is 4.31 Å². The van der Waals surface area contributed by atoms with E-state index in [0.717, 1.165) is 50.5 Å². The number of esters is 1. The fraction of sp³-hybridized carbons (Fsp3) is 0.455. The second-order valence-electron chi connectivity index (χ2n) is 7.99. The topological polar surface area (TPSA) is 92.8 Å². The highest BCUT2D eigenvalue weighted by Gasteiger charge is 2.27. The van der Waals surface area contributed by atoms with Crippen molar-refractivity contribution < 1.29 is 22.7 Å². The predicted octanol–water partition coefficient (Wildman–Crippen LogP) is 4.25. The normalized spacial score (nSPS) is 16.9. The molecule has 0 spiro atoms. The molecule has 2 aliphatic rings. The number of nitrogens with one attached hydrogen (secondary N) is 1. The lowest BCUT2D eigenvalue weighted by Crippen LogP contribution is -2.35. The van der Waals surface area contributed by atoms with E-state index in [9.17, 15) is 18.0 Å². The summed E-state index contributed by atoms with van der Waals surface area (Å²) in [4.78, 5) is 26.1. The first-order valence-corrected chi connectivity index (χ1v) is 13.4. The summed E-state index contributed by atoms with van der Waals surface area (Å²) in [7, 11) is -3.66. The minimum Gasteiger partial charge on any atom is -0.452 e. The van der Waals surface area contributed by atoms with Gasteiger partial charge >= 0.3 is 5.97 Å². The third-order valence-electron chi connectivity index (χ3n) is 5.78. The smallest absolute Gasteiger partial charge is 0.339 e. The van der Waals surface area contributed by atoms with Crippen LogP contribution >= 0.6 is 22.9 Å². The fourth-order valence-electron chi connectivity index (χ4n) is 4.08. The van der Waals surface area contributed by atoms with Crippen LogP contribution in [0, 0.1) is 0 Å². The molecule has 7 nitrogen and oxygen atoms in total. The molecule has 172 valence electrons. The molecule has 2 heterocycles. The SMILES string of the molecule is O=C(COC(=O)c1csc2c1CCCC2)Nc1cc(S(=O)(=O)N2CCCCC2)ccc1Cl. The lowest BCUT2D eigenvalue weighted by Gasteiger charge is -2.26. The lowest BCUT2D eigenvalue weighted by molar-refractivity contribution is -0.119. The molecule has 0 bridgehead atoms. The molecule has 4 rings (SSSR count). The van der Waals surface area contributed by atoms with Gasteiger partial charge in [0.1, 0.15) is 0 Å². The van der Waals surface area contributed by atoms with Crippen LogP contribution < -0.4 is 5.32 Å². The minimum absolute atomic E-state index is 0.0704. The Hall–Kier alpha value is -1.94. The van der Waals surface area contributed by atoms with E-state index in [-0.39, 0.29) is 15.6 Å². The highest BCUT2D eigenvalue weighted by molar-refractivity contribution is 7.89. The number of hydrogen-bond donors (Lipinski definition) is 1. The van der Waals surface area contributed by atoms with Crippen LogP contribution in [0.4, 0.5) is 5.69 Å². The van der Waals surface area contributed by atoms with Crippen molar-refractivity contribution in [1.29, 1.82) is 0 Å². The number of ether oxygens (including phenoxy) is 1. The zero-order valence-electron chi connectivity index (χ0n) is 17.6. The first-order valence-electron chi connectivity index (χ1n) is 10.7. The highest BCUT2D eigenvalue weighted by Crippen LogP contribution is 2.31. The van der Waals surface area contributed by atoms with E-state index in [1.807, 2.05) is 0 Å². The number of benzene rings is 1. The molecule has 1 aliphatic carbocycles. The number of halogens is 1. The number of nitrogens with zero attached hydrogens (tertiary/aromatic N) is 1. The van der Waals surface area contributed by atoms with E-state index in [2.05, 4.69) is 5.32 Å². The number of carbonyl (C=O) groups excluding carboxylic acids is 2. The third kappa shape index (κ3) is 5.01. The third-order valence-corrected chi connectivity index (χ3v) is 9.09. The van der Waals surface area contributed by atoms with E-state index in [1.165, 1.54) is 27.4 Å². The van der Waals surface area contributed by atoms with Gasteiger partial charge in [-0.1, -0.05) is 18.0 Å². The van der Waals surface area contributed by atoms with Gasteiger partial charge in [0.25, 0.3) is 5.91 Å². The quantitative estimate of drug-likeness (QED) is 0.603. The first-order chi connectivity index (χ1) is 15.4. The minimum atomic E-state index is -3.66. The monoisotopic (exact) mass is 496 g/mol. The van der Waals surface area contributed by atoms with E-state index >= 15 is 0 Å². The second kappa shape index (κ2) is 9.91. The number of piperidine rings is 1. The molecule has 1 aromatic carbocycles. The van der Waals surface area contributed by atoms with Crippen LogP contribution in [-0.2, 0) is 32.4 Å². The number of hydrogen-bond acceptors (Lipinski definition) is 6. The number of aryl methyl sites for hydroxylation is 1. The van der Waals surface area contributed by atoms with Gasteiger partial charge in [0.05, 0.1) is 21.2 Å². The molecule has 0 radical (unpaired) electrons. The number of sulfonamides is 1. The zero-order chi connectivity index (χ0) is 22.7. The molecule has 1 amide bonds. The number of rotatable bonds is 6. The molecule has 32 heavy (non-hydrogen) atoms. The van der Waals surface area contributed by atoms with E-state index in [1.54, 1.807) is 16.7 Å². The van der Waals surface area contributed by atoms with Gasteiger partial charge in [-0.3, -0.25) is 4.79 Å². The molecule has 0 unspecified atom stereocenters. The maximum Gasteiger partial charge on any atom is 0.339 e. The van der Waals surface area contributed by atoms with Crippen LogP contribution in [0.15, 0.2) is 28.5 Å². The summed E-state index contributed by atoms with van der Waals surface area (Å²) in [6, 6.07) is 4.22. The van der Waals surface area contributed by atoms with Crippen molar-refractivity contribution in [2.75, 3.05) is 25.0 Å². The molecule has 1 N–H and O–H groups in total. The summed E-state index contributed by atoms with van der Waals surface area (Å²) in [5.41, 5.74) is 1.73. The van der Waals surface area contributed by atoms with Gasteiger partial charge in [0.15, 0.2) is 6.61 Å². The van der Waals surface area contributed by atoms with Crippen molar-refractivity contribution in [3.8, 4) is 0 Å². The summed E-state index contributed by atoms with van der Waals surface area (Å²) in [5, 5.41) is 4.56. The summed E-state index contributed by atoms with van der Waals surface area (Å²) >= 11 is 7.72. The van der Waals surface area contributed by atoms with Crippen molar-refractivity contribution >= 4 is 50.5 Å². The van der Waals surface area contributed by atoms with Gasteiger partial charge in [0, 0.05) is 23.3 Å². The number of carbonyl (C=O) groups is 2. The van der Waals surface area contributed by atoms with Crippen LogP contribution in [0.25, 0.3) is 0 Å². The molecule has 2 aromatic rings. The molecule has 10 heteroatoms. The number of amides is 1. The van der Waals surface area contributed by atoms with E-state index < -0.39 is 28.5 Å². The van der Waals surface area contributed by atoms with Crippen LogP contribution in [0.3, 0.4) is 0 Å². The molecule has 1 fully saturated rings. The largest absolute Gasteiger partial charge is 0.452 e. The maximum absolute atomic E-state index is 12.9. The van der Waals surface area contributed by atoms with Crippen molar-refractivity contribution in [3.05, 3.63) is 44.6 Å². The molecule has 1 saturated heterocycles. The standard InChI is InChI=1S/C22H25ClN2O5S2/c23-18-9-8-15(32(28,29)25-10-4-1-5-11-25)12-19(18)24-21(26)13-30-22(27)17-14-31-20-7-3-2-6-16(17)20/h8-9,12,14H,1-7,10-11,13H2,(H,24,26). The van der Waals surface area contributed by atoms with Crippen LogP contribution in [0.5, 0.6) is 0 Å². The van der Waals surface area contributed by atoms with Crippen molar-refractivity contribution in [2.45, 2.75) is 49.8 Å². The Kier molecular flexibility index (Phi) is 7.19. The Morgan fingerprint density at radius 3 is 2.62 bits per heavy atom. The zero-order valence-corrected chi connectivity index (χ0v) is 20.0. The first kappa shape index (κ1) is 23.2. The Morgan fingerprint density at radius 1 is 1.09 bits per heavy atom. The van der Waals surface area contributed by atoms with Crippen LogP contribution in [0.2, 0.25) is 5.02 Å². The molecular formula is C22H25ClN2O5S2. The average molecular weight is 497 g/mol. The Labute approximate surface area is 196 Å². The predicted molar refractivity (Wildman–Crippen MR) is 124 cm³/mol. The molecular weight excluding hydrogens is 472 g/mol. The average Bonchev–Trinajstić information content (AvgIpc) is 3.24. The number of anilines is 1. The second-order valence-corrected chi connectivity index (χ2v) is 11.3. The Bertz CT molecular complexity index is 1120. The van der Waals surface area contributed by atoms with Crippen LogP contribution in [0.1, 0.15) is 52.9 Å². The van der Waals surface area contributed by atoms with E-state index in [0.29, 0.717) is 18.7 Å². The van der Waals surface area contributed by atoms with E-state index in [4.69, 9.17) is 16.3 Å². The van der Waals surface area contributed by atoms with Gasteiger partial charge in [-0.2, -0.15) is 4.31 Å². The summed E-state index contributed by atoms with van der Waals surface area (Å²) in [6.45, 7) is 0.479. The number of thiophene rings is 1. The Balaban J connectivity index is 1.40. The molecule has 1 aromatic heterocycles. The molecule has 1 aliphatic heterocycles. The molecule has 0 saturated carbocycles. The van der Waals surface area contributed by atoms with Gasteiger partial charge in [-0.05, 0) is 62.3 Å². The van der Waals surface area contributed by atoms with Gasteiger partial charge < -0.3 is 10.1 Å². The highest BCUT2D eigenvalue weighted by atomic mass is 35.5. The van der Waals surface area contributed by atoms with Crippen molar-refractivity contribution in [2.24, 2.45) is 0 Å².